The summed E-state index contributed by atoms with van der Waals surface area (Å²) in [5.74, 6) is 0.0845. The Hall–Kier alpha value is -2.99. The Morgan fingerprint density at radius 2 is 2.00 bits per heavy atom. The molecule has 5 nitrogen and oxygen atoms in total. The predicted octanol–water partition coefficient (Wildman–Crippen LogP) is 3.67. The molecule has 3 rings (SSSR count). The molecule has 0 aliphatic heterocycles. The SMILES string of the molecule is COCCN(Cc1nccn1Cc1ccc(C)cc1)C(=O)c1cccc(F)c1. The molecule has 0 aliphatic carbocycles. The third kappa shape index (κ3) is 5.04. The molecular formula is C22H24FN3O2. The van der Waals surface area contributed by atoms with Crippen molar-refractivity contribution in [2.75, 3.05) is 20.3 Å². The summed E-state index contributed by atoms with van der Waals surface area (Å²) < 4.78 is 20.7. The number of carbonyl (C=O) groups is 1. The van der Waals surface area contributed by atoms with E-state index in [1.807, 2.05) is 10.8 Å². The van der Waals surface area contributed by atoms with Crippen LogP contribution in [0.25, 0.3) is 0 Å². The van der Waals surface area contributed by atoms with Gasteiger partial charge >= 0.3 is 0 Å². The third-order valence-corrected chi connectivity index (χ3v) is 4.53. The summed E-state index contributed by atoms with van der Waals surface area (Å²) in [6, 6.07) is 14.0. The van der Waals surface area contributed by atoms with E-state index in [4.69, 9.17) is 4.74 Å². The zero-order valence-corrected chi connectivity index (χ0v) is 16.1. The summed E-state index contributed by atoms with van der Waals surface area (Å²) in [7, 11) is 1.59. The molecule has 0 atom stereocenters. The topological polar surface area (TPSA) is 47.4 Å². The Morgan fingerprint density at radius 3 is 2.71 bits per heavy atom. The minimum Gasteiger partial charge on any atom is -0.383 e. The van der Waals surface area contributed by atoms with Crippen LogP contribution in [0.15, 0.2) is 60.9 Å². The lowest BCUT2D eigenvalue weighted by Crippen LogP contribution is -2.34. The van der Waals surface area contributed by atoms with Gasteiger partial charge in [-0.1, -0.05) is 35.9 Å². The number of aromatic nitrogens is 2. The summed E-state index contributed by atoms with van der Waals surface area (Å²) in [6.45, 7) is 3.82. The number of benzene rings is 2. The van der Waals surface area contributed by atoms with Gasteiger partial charge in [0.25, 0.3) is 5.91 Å². The summed E-state index contributed by atoms with van der Waals surface area (Å²) in [5, 5.41) is 0. The molecule has 0 radical (unpaired) electrons. The fourth-order valence-electron chi connectivity index (χ4n) is 2.95. The highest BCUT2D eigenvalue weighted by Crippen LogP contribution is 2.13. The van der Waals surface area contributed by atoms with Gasteiger partial charge in [0.2, 0.25) is 0 Å². The lowest BCUT2D eigenvalue weighted by molar-refractivity contribution is 0.0673. The van der Waals surface area contributed by atoms with Gasteiger partial charge in [0.05, 0.1) is 13.2 Å². The van der Waals surface area contributed by atoms with E-state index in [0.717, 1.165) is 11.4 Å². The fourth-order valence-corrected chi connectivity index (χ4v) is 2.95. The van der Waals surface area contributed by atoms with Gasteiger partial charge in [0, 0.05) is 38.2 Å². The number of amides is 1. The van der Waals surface area contributed by atoms with Crippen molar-refractivity contribution in [1.29, 1.82) is 0 Å². The molecule has 0 saturated carbocycles. The number of methoxy groups -OCH3 is 1. The zero-order valence-electron chi connectivity index (χ0n) is 16.1. The average molecular weight is 381 g/mol. The molecule has 146 valence electrons. The molecule has 0 N–H and O–H groups in total. The monoisotopic (exact) mass is 381 g/mol. The highest BCUT2D eigenvalue weighted by Gasteiger charge is 2.19. The number of nitrogens with zero attached hydrogens (tertiary/aromatic N) is 3. The van der Waals surface area contributed by atoms with E-state index in [-0.39, 0.29) is 5.91 Å². The molecule has 1 amide bonds. The van der Waals surface area contributed by atoms with E-state index >= 15 is 0 Å². The number of ether oxygens (including phenoxy) is 1. The first-order chi connectivity index (χ1) is 13.6. The van der Waals surface area contributed by atoms with E-state index < -0.39 is 5.82 Å². The maximum Gasteiger partial charge on any atom is 0.254 e. The van der Waals surface area contributed by atoms with Crippen LogP contribution in [-0.4, -0.2) is 40.6 Å². The van der Waals surface area contributed by atoms with Crippen molar-refractivity contribution < 1.29 is 13.9 Å². The molecule has 2 aromatic carbocycles. The van der Waals surface area contributed by atoms with Crippen molar-refractivity contribution in [3.05, 3.63) is 89.3 Å². The first-order valence-corrected chi connectivity index (χ1v) is 9.16. The molecule has 0 saturated heterocycles. The first kappa shape index (κ1) is 19.8. The van der Waals surface area contributed by atoms with Gasteiger partial charge < -0.3 is 14.2 Å². The highest BCUT2D eigenvalue weighted by molar-refractivity contribution is 5.94. The van der Waals surface area contributed by atoms with Crippen molar-refractivity contribution in [1.82, 2.24) is 14.5 Å². The van der Waals surface area contributed by atoms with Gasteiger partial charge in [-0.15, -0.1) is 0 Å². The molecule has 0 spiro atoms. The largest absolute Gasteiger partial charge is 0.383 e. The number of hydrogen-bond acceptors (Lipinski definition) is 3. The molecule has 28 heavy (non-hydrogen) atoms. The average Bonchev–Trinajstić information content (AvgIpc) is 3.13. The van der Waals surface area contributed by atoms with Crippen molar-refractivity contribution >= 4 is 5.91 Å². The second kappa shape index (κ2) is 9.28. The van der Waals surface area contributed by atoms with Crippen molar-refractivity contribution in [3.63, 3.8) is 0 Å². The molecule has 1 heterocycles. The summed E-state index contributed by atoms with van der Waals surface area (Å²) >= 11 is 0. The minimum absolute atomic E-state index is 0.249. The van der Waals surface area contributed by atoms with Crippen LogP contribution >= 0.6 is 0 Å². The summed E-state index contributed by atoms with van der Waals surface area (Å²) in [6.07, 6.45) is 3.63. The van der Waals surface area contributed by atoms with Crippen molar-refractivity contribution in [3.8, 4) is 0 Å². The molecule has 3 aromatic rings. The maximum absolute atomic E-state index is 13.5. The lowest BCUT2D eigenvalue weighted by atomic mass is 10.1. The smallest absolute Gasteiger partial charge is 0.254 e. The Morgan fingerprint density at radius 1 is 1.21 bits per heavy atom. The normalized spacial score (nSPS) is 10.8. The highest BCUT2D eigenvalue weighted by atomic mass is 19.1. The van der Waals surface area contributed by atoms with Gasteiger partial charge in [-0.3, -0.25) is 4.79 Å². The van der Waals surface area contributed by atoms with Crippen LogP contribution in [0.2, 0.25) is 0 Å². The summed E-state index contributed by atoms with van der Waals surface area (Å²) in [5.41, 5.74) is 2.68. The second-order valence-electron chi connectivity index (χ2n) is 6.69. The molecule has 0 unspecified atom stereocenters. The molecule has 0 aliphatic rings. The molecule has 0 fully saturated rings. The van der Waals surface area contributed by atoms with Crippen LogP contribution < -0.4 is 0 Å². The van der Waals surface area contributed by atoms with E-state index in [0.29, 0.717) is 31.8 Å². The van der Waals surface area contributed by atoms with Gasteiger partial charge in [0.1, 0.15) is 11.6 Å². The zero-order chi connectivity index (χ0) is 19.9. The van der Waals surface area contributed by atoms with Gasteiger partial charge in [-0.2, -0.15) is 0 Å². The quantitative estimate of drug-likeness (QED) is 0.598. The Balaban J connectivity index is 1.78. The van der Waals surface area contributed by atoms with Gasteiger partial charge in [-0.25, -0.2) is 9.37 Å². The second-order valence-corrected chi connectivity index (χ2v) is 6.69. The predicted molar refractivity (Wildman–Crippen MR) is 106 cm³/mol. The number of halogens is 1. The first-order valence-electron chi connectivity index (χ1n) is 9.16. The van der Waals surface area contributed by atoms with Crippen LogP contribution in [-0.2, 0) is 17.8 Å². The molecule has 0 bridgehead atoms. The minimum atomic E-state index is -0.432. The Kier molecular flexibility index (Phi) is 6.55. The van der Waals surface area contributed by atoms with Crippen LogP contribution in [0.3, 0.4) is 0 Å². The van der Waals surface area contributed by atoms with E-state index in [9.17, 15) is 9.18 Å². The van der Waals surface area contributed by atoms with Crippen molar-refractivity contribution in [2.45, 2.75) is 20.0 Å². The molecule has 1 aromatic heterocycles. The van der Waals surface area contributed by atoms with E-state index in [2.05, 4.69) is 36.2 Å². The van der Waals surface area contributed by atoms with Crippen LogP contribution in [0.5, 0.6) is 0 Å². The van der Waals surface area contributed by atoms with Crippen LogP contribution in [0.1, 0.15) is 27.3 Å². The molecule has 6 heteroatoms. The Labute approximate surface area is 164 Å². The number of hydrogen-bond donors (Lipinski definition) is 0. The summed E-state index contributed by atoms with van der Waals surface area (Å²) in [4.78, 5) is 19.0. The number of imidazole rings is 1. The fraction of sp³-hybridized carbons (Fsp3) is 0.273. The number of rotatable bonds is 8. The number of carbonyl (C=O) groups excluding carboxylic acids is 1. The van der Waals surface area contributed by atoms with Crippen molar-refractivity contribution in [2.24, 2.45) is 0 Å². The Bertz CT molecular complexity index is 922. The van der Waals surface area contributed by atoms with Crippen LogP contribution in [0.4, 0.5) is 4.39 Å². The van der Waals surface area contributed by atoms with Crippen LogP contribution in [0, 0.1) is 12.7 Å². The van der Waals surface area contributed by atoms with Gasteiger partial charge in [-0.05, 0) is 30.7 Å². The number of aryl methyl sites for hydroxylation is 1. The van der Waals surface area contributed by atoms with E-state index in [1.54, 1.807) is 24.3 Å². The third-order valence-electron chi connectivity index (χ3n) is 4.53. The lowest BCUT2D eigenvalue weighted by Gasteiger charge is -2.23. The van der Waals surface area contributed by atoms with E-state index in [1.165, 1.54) is 23.8 Å². The molecular weight excluding hydrogens is 357 g/mol. The standard InChI is InChI=1S/C22H24FN3O2/c1-17-6-8-18(9-7-17)15-25-11-10-24-21(25)16-26(12-13-28-2)22(27)19-4-3-5-20(23)14-19/h3-11,14H,12-13,15-16H2,1-2H3. The van der Waals surface area contributed by atoms with Gasteiger partial charge in [0.15, 0.2) is 0 Å². The maximum atomic E-state index is 13.5.